The number of likely N-dealkylation sites (tertiary alicyclic amines) is 1. The molecule has 6 nitrogen and oxygen atoms in total. The minimum atomic E-state index is -0.462. The van der Waals surface area contributed by atoms with Crippen LogP contribution in [-0.2, 0) is 9.53 Å². The molecule has 0 atom stereocenters. The van der Waals surface area contributed by atoms with Crippen molar-refractivity contribution in [1.29, 1.82) is 0 Å². The van der Waals surface area contributed by atoms with Gasteiger partial charge in [-0.05, 0) is 51.2 Å². The number of aromatic nitrogens is 1. The number of amides is 2. The number of rotatable bonds is 2. The van der Waals surface area contributed by atoms with Crippen LogP contribution >= 0.6 is 0 Å². The first-order chi connectivity index (χ1) is 11.2. The van der Waals surface area contributed by atoms with Gasteiger partial charge >= 0.3 is 6.09 Å². The molecule has 0 aliphatic carbocycles. The Bertz CT molecular complexity index is 585. The second-order valence-corrected chi connectivity index (χ2v) is 7.27. The SMILES string of the molecule is CC(=O)N(C)c1ccc(C2CCN(C(=O)OC(C)(C)C)CC2)cn1. The molecule has 1 aliphatic heterocycles. The summed E-state index contributed by atoms with van der Waals surface area (Å²) in [4.78, 5) is 31.1. The van der Waals surface area contributed by atoms with Gasteiger partial charge in [0, 0.05) is 33.3 Å². The summed E-state index contributed by atoms with van der Waals surface area (Å²) in [6.45, 7) is 8.53. The van der Waals surface area contributed by atoms with Crippen LogP contribution in [0.1, 0.15) is 52.0 Å². The lowest BCUT2D eigenvalue weighted by Gasteiger charge is -2.33. The van der Waals surface area contributed by atoms with Crippen LogP contribution in [0.5, 0.6) is 0 Å². The van der Waals surface area contributed by atoms with Crippen molar-refractivity contribution in [2.24, 2.45) is 0 Å². The average Bonchev–Trinajstić information content (AvgIpc) is 2.53. The molecule has 0 aromatic carbocycles. The summed E-state index contributed by atoms with van der Waals surface area (Å²) in [5.41, 5.74) is 0.690. The molecule has 1 aromatic rings. The normalized spacial score (nSPS) is 16.0. The van der Waals surface area contributed by atoms with E-state index in [0.29, 0.717) is 24.8 Å². The number of piperidine rings is 1. The lowest BCUT2D eigenvalue weighted by molar-refractivity contribution is -0.116. The predicted molar refractivity (Wildman–Crippen MR) is 93.1 cm³/mol. The first-order valence-corrected chi connectivity index (χ1v) is 8.35. The van der Waals surface area contributed by atoms with Crippen molar-refractivity contribution in [2.75, 3.05) is 25.0 Å². The summed E-state index contributed by atoms with van der Waals surface area (Å²) in [7, 11) is 1.71. The Morgan fingerprint density at radius 2 is 1.88 bits per heavy atom. The maximum Gasteiger partial charge on any atom is 0.410 e. The molecule has 1 saturated heterocycles. The van der Waals surface area contributed by atoms with Gasteiger partial charge in [0.2, 0.25) is 5.91 Å². The van der Waals surface area contributed by atoms with Crippen LogP contribution in [0.2, 0.25) is 0 Å². The van der Waals surface area contributed by atoms with Crippen LogP contribution in [0.4, 0.5) is 10.6 Å². The number of ether oxygens (including phenoxy) is 1. The van der Waals surface area contributed by atoms with Gasteiger partial charge in [-0.3, -0.25) is 4.79 Å². The van der Waals surface area contributed by atoms with Crippen molar-refractivity contribution >= 4 is 17.8 Å². The third-order valence-corrected chi connectivity index (χ3v) is 4.20. The van der Waals surface area contributed by atoms with Gasteiger partial charge in [0.25, 0.3) is 0 Å². The van der Waals surface area contributed by atoms with Crippen molar-refractivity contribution < 1.29 is 14.3 Å². The van der Waals surface area contributed by atoms with E-state index < -0.39 is 5.60 Å². The van der Waals surface area contributed by atoms with Crippen LogP contribution in [0.25, 0.3) is 0 Å². The van der Waals surface area contributed by atoms with Crippen LogP contribution in [0.15, 0.2) is 18.3 Å². The molecule has 0 saturated carbocycles. The molecular formula is C18H27N3O3. The minimum absolute atomic E-state index is 0.0408. The molecule has 132 valence electrons. The van der Waals surface area contributed by atoms with E-state index in [0.717, 1.165) is 18.4 Å². The molecule has 1 aromatic heterocycles. The molecule has 1 aliphatic rings. The van der Waals surface area contributed by atoms with Gasteiger partial charge in [0.05, 0.1) is 0 Å². The van der Waals surface area contributed by atoms with E-state index in [1.807, 2.05) is 39.1 Å². The molecule has 2 amide bonds. The molecule has 2 rings (SSSR count). The van der Waals surface area contributed by atoms with E-state index in [9.17, 15) is 9.59 Å². The summed E-state index contributed by atoms with van der Waals surface area (Å²) in [6.07, 6.45) is 3.38. The van der Waals surface area contributed by atoms with E-state index in [-0.39, 0.29) is 12.0 Å². The molecular weight excluding hydrogens is 306 g/mol. The van der Waals surface area contributed by atoms with Crippen molar-refractivity contribution in [2.45, 2.75) is 52.1 Å². The second-order valence-electron chi connectivity index (χ2n) is 7.27. The molecule has 0 spiro atoms. The van der Waals surface area contributed by atoms with Crippen LogP contribution in [-0.4, -0.2) is 47.6 Å². The van der Waals surface area contributed by atoms with E-state index in [2.05, 4.69) is 4.98 Å². The summed E-state index contributed by atoms with van der Waals surface area (Å²) < 4.78 is 5.42. The lowest BCUT2D eigenvalue weighted by atomic mass is 9.90. The fraction of sp³-hybridized carbons (Fsp3) is 0.611. The summed E-state index contributed by atoms with van der Waals surface area (Å²) in [6, 6.07) is 3.90. The quantitative estimate of drug-likeness (QED) is 0.834. The summed E-state index contributed by atoms with van der Waals surface area (Å²) >= 11 is 0. The number of carbonyl (C=O) groups excluding carboxylic acids is 2. The van der Waals surface area contributed by atoms with Crippen molar-refractivity contribution in [3.63, 3.8) is 0 Å². The highest BCUT2D eigenvalue weighted by atomic mass is 16.6. The number of hydrogen-bond donors (Lipinski definition) is 0. The number of anilines is 1. The zero-order valence-corrected chi connectivity index (χ0v) is 15.2. The highest BCUT2D eigenvalue weighted by Gasteiger charge is 2.27. The average molecular weight is 333 g/mol. The van der Waals surface area contributed by atoms with Gasteiger partial charge in [-0.1, -0.05) is 6.07 Å². The Balaban J connectivity index is 1.92. The van der Waals surface area contributed by atoms with Gasteiger partial charge < -0.3 is 14.5 Å². The monoisotopic (exact) mass is 333 g/mol. The number of nitrogens with zero attached hydrogens (tertiary/aromatic N) is 3. The van der Waals surface area contributed by atoms with E-state index in [1.165, 1.54) is 11.8 Å². The van der Waals surface area contributed by atoms with Gasteiger partial charge in [-0.25, -0.2) is 9.78 Å². The third kappa shape index (κ3) is 4.69. The molecule has 0 radical (unpaired) electrons. The van der Waals surface area contributed by atoms with Crippen LogP contribution in [0, 0.1) is 0 Å². The third-order valence-electron chi connectivity index (χ3n) is 4.20. The molecule has 2 heterocycles. The second kappa shape index (κ2) is 7.20. The van der Waals surface area contributed by atoms with Crippen LogP contribution < -0.4 is 4.90 Å². The topological polar surface area (TPSA) is 62.7 Å². The van der Waals surface area contributed by atoms with E-state index >= 15 is 0 Å². The zero-order chi connectivity index (χ0) is 17.9. The molecule has 0 unspecified atom stereocenters. The molecule has 1 fully saturated rings. The van der Waals surface area contributed by atoms with E-state index in [1.54, 1.807) is 11.9 Å². The number of carbonyl (C=O) groups is 2. The molecule has 6 heteroatoms. The Morgan fingerprint density at radius 1 is 1.25 bits per heavy atom. The largest absolute Gasteiger partial charge is 0.444 e. The molecule has 0 bridgehead atoms. The van der Waals surface area contributed by atoms with E-state index in [4.69, 9.17) is 4.74 Å². The highest BCUT2D eigenvalue weighted by Crippen LogP contribution is 2.29. The van der Waals surface area contributed by atoms with Gasteiger partial charge in [-0.15, -0.1) is 0 Å². The fourth-order valence-electron chi connectivity index (χ4n) is 2.72. The maximum absolute atomic E-state index is 12.1. The van der Waals surface area contributed by atoms with Gasteiger partial charge in [-0.2, -0.15) is 0 Å². The summed E-state index contributed by atoms with van der Waals surface area (Å²) in [5, 5.41) is 0. The summed E-state index contributed by atoms with van der Waals surface area (Å²) in [5.74, 6) is 0.992. The Hall–Kier alpha value is -2.11. The Labute approximate surface area is 143 Å². The van der Waals surface area contributed by atoms with Gasteiger partial charge in [0.1, 0.15) is 11.4 Å². The molecule has 24 heavy (non-hydrogen) atoms. The lowest BCUT2D eigenvalue weighted by Crippen LogP contribution is -2.41. The van der Waals surface area contributed by atoms with Crippen molar-refractivity contribution in [3.8, 4) is 0 Å². The molecule has 0 N–H and O–H groups in total. The zero-order valence-electron chi connectivity index (χ0n) is 15.2. The first kappa shape index (κ1) is 18.2. The highest BCUT2D eigenvalue weighted by molar-refractivity contribution is 5.89. The van der Waals surface area contributed by atoms with Crippen LogP contribution in [0.3, 0.4) is 0 Å². The minimum Gasteiger partial charge on any atom is -0.444 e. The fourth-order valence-corrected chi connectivity index (χ4v) is 2.72. The maximum atomic E-state index is 12.1. The first-order valence-electron chi connectivity index (χ1n) is 8.35. The standard InChI is InChI=1S/C18H27N3O3/c1-13(22)20(5)16-7-6-15(12-19-16)14-8-10-21(11-9-14)17(23)24-18(2,3)4/h6-7,12,14H,8-11H2,1-5H3. The number of pyridine rings is 1. The number of hydrogen-bond acceptors (Lipinski definition) is 4. The van der Waals surface area contributed by atoms with Crippen molar-refractivity contribution in [1.82, 2.24) is 9.88 Å². The Kier molecular flexibility index (Phi) is 5.47. The Morgan fingerprint density at radius 3 is 2.33 bits per heavy atom. The van der Waals surface area contributed by atoms with Gasteiger partial charge in [0.15, 0.2) is 0 Å². The van der Waals surface area contributed by atoms with Crippen molar-refractivity contribution in [3.05, 3.63) is 23.9 Å². The smallest absolute Gasteiger partial charge is 0.410 e. The predicted octanol–water partition coefficient (Wildman–Crippen LogP) is 3.18.